The molecule has 0 radical (unpaired) electrons. The Hall–Kier alpha value is -1.55. The molecule has 0 aliphatic heterocycles. The number of carbonyl (C=O) groups is 1. The quantitative estimate of drug-likeness (QED) is 0.849. The van der Waals surface area contributed by atoms with Crippen LogP contribution in [0.2, 0.25) is 0 Å². The first kappa shape index (κ1) is 16.8. The van der Waals surface area contributed by atoms with E-state index in [4.69, 9.17) is 10.5 Å². The lowest BCUT2D eigenvalue weighted by molar-refractivity contribution is -0.126. The molecule has 122 valence electrons. The predicted molar refractivity (Wildman–Crippen MR) is 88.8 cm³/mol. The van der Waals surface area contributed by atoms with Gasteiger partial charge < -0.3 is 15.8 Å². The van der Waals surface area contributed by atoms with Gasteiger partial charge in [0.2, 0.25) is 5.91 Å². The zero-order valence-corrected chi connectivity index (χ0v) is 13.9. The standard InChI is InChI=1S/C18H28N2O2/c1-4-14(3)22-16-11-13(2)7-8-15(16)12-20-17(21)18(19)9-5-6-10-18/h7-8,11,14H,4-6,9-10,12,19H2,1-3H3,(H,20,21). The molecule has 0 bridgehead atoms. The summed E-state index contributed by atoms with van der Waals surface area (Å²) in [6.07, 6.45) is 4.75. The summed E-state index contributed by atoms with van der Waals surface area (Å²) >= 11 is 0. The average Bonchev–Trinajstić information content (AvgIpc) is 2.94. The minimum atomic E-state index is -0.678. The lowest BCUT2D eigenvalue weighted by Crippen LogP contribution is -2.51. The molecule has 1 atom stereocenters. The highest BCUT2D eigenvalue weighted by Gasteiger charge is 2.36. The van der Waals surface area contributed by atoms with Crippen molar-refractivity contribution in [3.63, 3.8) is 0 Å². The van der Waals surface area contributed by atoms with Crippen molar-refractivity contribution in [3.8, 4) is 5.75 Å². The minimum absolute atomic E-state index is 0.0416. The van der Waals surface area contributed by atoms with E-state index in [0.717, 1.165) is 49.0 Å². The van der Waals surface area contributed by atoms with Crippen LogP contribution in [-0.2, 0) is 11.3 Å². The Morgan fingerprint density at radius 3 is 2.73 bits per heavy atom. The van der Waals surface area contributed by atoms with E-state index in [-0.39, 0.29) is 12.0 Å². The third-order valence-corrected chi connectivity index (χ3v) is 4.51. The zero-order valence-electron chi connectivity index (χ0n) is 13.9. The topological polar surface area (TPSA) is 64.3 Å². The van der Waals surface area contributed by atoms with Crippen LogP contribution in [0, 0.1) is 6.92 Å². The molecule has 1 aliphatic rings. The first-order valence-corrected chi connectivity index (χ1v) is 8.28. The molecule has 0 spiro atoms. The number of benzene rings is 1. The third-order valence-electron chi connectivity index (χ3n) is 4.51. The first-order chi connectivity index (χ1) is 10.4. The van der Waals surface area contributed by atoms with Crippen LogP contribution in [0.15, 0.2) is 18.2 Å². The van der Waals surface area contributed by atoms with Crippen molar-refractivity contribution < 1.29 is 9.53 Å². The fraction of sp³-hybridized carbons (Fsp3) is 0.611. The zero-order chi connectivity index (χ0) is 16.2. The van der Waals surface area contributed by atoms with Crippen molar-refractivity contribution in [2.75, 3.05) is 0 Å². The number of hydrogen-bond donors (Lipinski definition) is 2. The maximum Gasteiger partial charge on any atom is 0.240 e. The second-order valence-electron chi connectivity index (χ2n) is 6.49. The van der Waals surface area contributed by atoms with Gasteiger partial charge in [0, 0.05) is 12.1 Å². The highest BCUT2D eigenvalue weighted by molar-refractivity contribution is 5.86. The summed E-state index contributed by atoms with van der Waals surface area (Å²) in [5, 5.41) is 2.99. The Morgan fingerprint density at radius 2 is 2.09 bits per heavy atom. The largest absolute Gasteiger partial charge is 0.490 e. The molecule has 3 N–H and O–H groups in total. The number of nitrogens with two attached hydrogens (primary N) is 1. The van der Waals surface area contributed by atoms with Gasteiger partial charge in [-0.3, -0.25) is 4.79 Å². The fourth-order valence-corrected chi connectivity index (χ4v) is 2.80. The van der Waals surface area contributed by atoms with E-state index >= 15 is 0 Å². The summed E-state index contributed by atoms with van der Waals surface area (Å²) in [5.41, 5.74) is 7.66. The van der Waals surface area contributed by atoms with Crippen LogP contribution in [0.1, 0.15) is 57.1 Å². The lowest BCUT2D eigenvalue weighted by atomic mass is 9.98. The summed E-state index contributed by atoms with van der Waals surface area (Å²) in [6.45, 7) is 6.65. The van der Waals surface area contributed by atoms with Gasteiger partial charge in [0.1, 0.15) is 5.75 Å². The van der Waals surface area contributed by atoms with Crippen LogP contribution in [0.25, 0.3) is 0 Å². The van der Waals surface area contributed by atoms with Gasteiger partial charge in [-0.1, -0.05) is 31.9 Å². The van der Waals surface area contributed by atoms with Crippen LogP contribution in [-0.4, -0.2) is 17.6 Å². The van der Waals surface area contributed by atoms with Crippen LogP contribution >= 0.6 is 0 Å². The van der Waals surface area contributed by atoms with Gasteiger partial charge >= 0.3 is 0 Å². The number of aryl methyl sites for hydroxylation is 1. The van der Waals surface area contributed by atoms with E-state index in [0.29, 0.717) is 6.54 Å². The molecule has 1 fully saturated rings. The fourth-order valence-electron chi connectivity index (χ4n) is 2.80. The van der Waals surface area contributed by atoms with E-state index in [1.165, 1.54) is 0 Å². The molecular formula is C18H28N2O2. The highest BCUT2D eigenvalue weighted by Crippen LogP contribution is 2.28. The molecular weight excluding hydrogens is 276 g/mol. The lowest BCUT2D eigenvalue weighted by Gasteiger charge is -2.23. The summed E-state index contributed by atoms with van der Waals surface area (Å²) < 4.78 is 5.98. The molecule has 1 unspecified atom stereocenters. The monoisotopic (exact) mass is 304 g/mol. The summed E-state index contributed by atoms with van der Waals surface area (Å²) in [7, 11) is 0. The van der Waals surface area contributed by atoms with E-state index in [9.17, 15) is 4.79 Å². The van der Waals surface area contributed by atoms with E-state index in [2.05, 4.69) is 19.2 Å². The minimum Gasteiger partial charge on any atom is -0.490 e. The number of hydrogen-bond acceptors (Lipinski definition) is 3. The molecule has 0 aromatic heterocycles. The van der Waals surface area contributed by atoms with Gasteiger partial charge in [-0.2, -0.15) is 0 Å². The van der Waals surface area contributed by atoms with Crippen molar-refractivity contribution in [2.45, 2.75) is 71.1 Å². The molecule has 1 aromatic carbocycles. The van der Waals surface area contributed by atoms with Crippen molar-refractivity contribution in [1.82, 2.24) is 5.32 Å². The van der Waals surface area contributed by atoms with Crippen LogP contribution < -0.4 is 15.8 Å². The van der Waals surface area contributed by atoms with Crippen LogP contribution in [0.4, 0.5) is 0 Å². The molecule has 0 saturated heterocycles. The Balaban J connectivity index is 2.04. The molecule has 4 nitrogen and oxygen atoms in total. The molecule has 0 heterocycles. The van der Waals surface area contributed by atoms with Gasteiger partial charge in [0.25, 0.3) is 0 Å². The van der Waals surface area contributed by atoms with Gasteiger partial charge in [-0.05, 0) is 44.7 Å². The molecule has 2 rings (SSSR count). The maximum absolute atomic E-state index is 12.3. The molecule has 4 heteroatoms. The molecule has 22 heavy (non-hydrogen) atoms. The number of ether oxygens (including phenoxy) is 1. The molecule has 1 saturated carbocycles. The summed E-state index contributed by atoms with van der Waals surface area (Å²) in [6, 6.07) is 6.09. The van der Waals surface area contributed by atoms with E-state index in [1.807, 2.05) is 25.1 Å². The van der Waals surface area contributed by atoms with Crippen molar-refractivity contribution >= 4 is 5.91 Å². The number of amides is 1. The average molecular weight is 304 g/mol. The van der Waals surface area contributed by atoms with Crippen molar-refractivity contribution in [1.29, 1.82) is 0 Å². The number of nitrogens with one attached hydrogen (secondary N) is 1. The number of rotatable bonds is 6. The Bertz CT molecular complexity index is 522. The van der Waals surface area contributed by atoms with Crippen molar-refractivity contribution in [2.24, 2.45) is 5.73 Å². The Labute approximate surface area is 133 Å². The summed E-state index contributed by atoms with van der Waals surface area (Å²) in [4.78, 5) is 12.3. The second-order valence-corrected chi connectivity index (χ2v) is 6.49. The normalized spacial score (nSPS) is 18.0. The highest BCUT2D eigenvalue weighted by atomic mass is 16.5. The van der Waals surface area contributed by atoms with E-state index in [1.54, 1.807) is 0 Å². The Morgan fingerprint density at radius 1 is 1.41 bits per heavy atom. The van der Waals surface area contributed by atoms with Gasteiger partial charge in [0.05, 0.1) is 11.6 Å². The van der Waals surface area contributed by atoms with Gasteiger partial charge in [-0.15, -0.1) is 0 Å². The molecule has 1 aliphatic carbocycles. The maximum atomic E-state index is 12.3. The van der Waals surface area contributed by atoms with E-state index < -0.39 is 5.54 Å². The van der Waals surface area contributed by atoms with Gasteiger partial charge in [-0.25, -0.2) is 0 Å². The molecule has 1 amide bonds. The predicted octanol–water partition coefficient (Wildman–Crippen LogP) is 3.06. The van der Waals surface area contributed by atoms with Crippen LogP contribution in [0.5, 0.6) is 5.75 Å². The SMILES string of the molecule is CCC(C)Oc1cc(C)ccc1CNC(=O)C1(N)CCCC1. The van der Waals surface area contributed by atoms with Gasteiger partial charge in [0.15, 0.2) is 0 Å². The van der Waals surface area contributed by atoms with Crippen molar-refractivity contribution in [3.05, 3.63) is 29.3 Å². The first-order valence-electron chi connectivity index (χ1n) is 8.28. The summed E-state index contributed by atoms with van der Waals surface area (Å²) in [5.74, 6) is 0.812. The smallest absolute Gasteiger partial charge is 0.240 e. The third kappa shape index (κ3) is 4.01. The Kier molecular flexibility index (Phi) is 5.46. The van der Waals surface area contributed by atoms with Crippen LogP contribution in [0.3, 0.4) is 0 Å². The number of carbonyl (C=O) groups excluding carboxylic acids is 1. The molecule has 1 aromatic rings. The second kappa shape index (κ2) is 7.14.